The van der Waals surface area contributed by atoms with Crippen molar-refractivity contribution in [3.8, 4) is 5.75 Å². The Morgan fingerprint density at radius 2 is 1.96 bits per heavy atom. The molecule has 1 aromatic carbocycles. The molecular weight excluding hydrogens is 318 g/mol. The van der Waals surface area contributed by atoms with Crippen LogP contribution in [0.2, 0.25) is 0 Å². The summed E-state index contributed by atoms with van der Waals surface area (Å²) in [5, 5.41) is 12.4. The number of anilines is 4. The summed E-state index contributed by atoms with van der Waals surface area (Å²) >= 11 is 0. The van der Waals surface area contributed by atoms with E-state index in [1.165, 1.54) is 6.33 Å². The Labute approximate surface area is 148 Å². The SMILES string of the molecule is CCCCOc1ccc(Nc2ncnc(N(CC)CCO)c2N)cc1. The largest absolute Gasteiger partial charge is 0.494 e. The molecule has 0 amide bonds. The maximum atomic E-state index is 9.17. The van der Waals surface area contributed by atoms with E-state index >= 15 is 0 Å². The van der Waals surface area contributed by atoms with Crippen LogP contribution in [0.5, 0.6) is 5.75 Å². The van der Waals surface area contributed by atoms with Crippen LogP contribution < -0.4 is 20.7 Å². The molecule has 1 aromatic heterocycles. The van der Waals surface area contributed by atoms with Crippen molar-refractivity contribution in [3.63, 3.8) is 0 Å². The van der Waals surface area contributed by atoms with E-state index in [1.807, 2.05) is 36.1 Å². The van der Waals surface area contributed by atoms with Gasteiger partial charge in [-0.25, -0.2) is 9.97 Å². The zero-order chi connectivity index (χ0) is 18.1. The zero-order valence-electron chi connectivity index (χ0n) is 14.9. The fourth-order valence-corrected chi connectivity index (χ4v) is 2.38. The van der Waals surface area contributed by atoms with Crippen LogP contribution in [-0.2, 0) is 0 Å². The second kappa shape index (κ2) is 9.68. The smallest absolute Gasteiger partial charge is 0.159 e. The maximum absolute atomic E-state index is 9.17. The van der Waals surface area contributed by atoms with E-state index in [1.54, 1.807) is 0 Å². The highest BCUT2D eigenvalue weighted by Gasteiger charge is 2.13. The summed E-state index contributed by atoms with van der Waals surface area (Å²) in [4.78, 5) is 10.4. The molecule has 2 aromatic rings. The third-order valence-electron chi connectivity index (χ3n) is 3.80. The number of benzene rings is 1. The molecule has 0 fully saturated rings. The van der Waals surface area contributed by atoms with Gasteiger partial charge in [-0.3, -0.25) is 0 Å². The Morgan fingerprint density at radius 1 is 1.20 bits per heavy atom. The number of nitrogen functional groups attached to an aromatic ring is 1. The second-order valence-corrected chi connectivity index (χ2v) is 5.61. The third kappa shape index (κ3) is 5.22. The van der Waals surface area contributed by atoms with Crippen molar-refractivity contribution in [2.75, 3.05) is 42.3 Å². The summed E-state index contributed by atoms with van der Waals surface area (Å²) in [7, 11) is 0. The second-order valence-electron chi connectivity index (χ2n) is 5.61. The first-order chi connectivity index (χ1) is 12.2. The lowest BCUT2D eigenvalue weighted by atomic mass is 10.3. The molecule has 7 nitrogen and oxygen atoms in total. The first kappa shape index (κ1) is 18.8. The number of nitrogens with one attached hydrogen (secondary N) is 1. The van der Waals surface area contributed by atoms with Crippen molar-refractivity contribution in [1.82, 2.24) is 9.97 Å². The number of aliphatic hydroxyl groups is 1. The van der Waals surface area contributed by atoms with Gasteiger partial charge >= 0.3 is 0 Å². The van der Waals surface area contributed by atoms with Gasteiger partial charge in [0.25, 0.3) is 0 Å². The number of nitrogens with two attached hydrogens (primary N) is 1. The lowest BCUT2D eigenvalue weighted by Gasteiger charge is -2.23. The minimum atomic E-state index is 0.0412. The Balaban J connectivity index is 2.09. The van der Waals surface area contributed by atoms with Crippen molar-refractivity contribution in [2.24, 2.45) is 0 Å². The maximum Gasteiger partial charge on any atom is 0.159 e. The van der Waals surface area contributed by atoms with Gasteiger partial charge in [-0.2, -0.15) is 0 Å². The molecule has 2 rings (SSSR count). The zero-order valence-corrected chi connectivity index (χ0v) is 14.9. The van der Waals surface area contributed by atoms with E-state index in [-0.39, 0.29) is 6.61 Å². The summed E-state index contributed by atoms with van der Waals surface area (Å²) in [6, 6.07) is 7.68. The van der Waals surface area contributed by atoms with Crippen LogP contribution in [0, 0.1) is 0 Å². The Morgan fingerprint density at radius 3 is 2.60 bits per heavy atom. The standard InChI is InChI=1S/C18H27N5O2/c1-3-5-12-25-15-8-6-14(7-9-15)22-17-16(19)18(21-13-20-17)23(4-2)10-11-24/h6-9,13,24H,3-5,10-12,19H2,1-2H3,(H,20,21,22). The van der Waals surface area contributed by atoms with Gasteiger partial charge in [0.2, 0.25) is 0 Å². The van der Waals surface area contributed by atoms with Crippen molar-refractivity contribution in [3.05, 3.63) is 30.6 Å². The molecule has 1 heterocycles. The van der Waals surface area contributed by atoms with E-state index in [0.29, 0.717) is 30.4 Å². The van der Waals surface area contributed by atoms with Gasteiger partial charge in [-0.1, -0.05) is 13.3 Å². The lowest BCUT2D eigenvalue weighted by Crippen LogP contribution is -2.28. The first-order valence-electron chi connectivity index (χ1n) is 8.65. The molecule has 0 aliphatic rings. The highest BCUT2D eigenvalue weighted by molar-refractivity contribution is 5.78. The summed E-state index contributed by atoms with van der Waals surface area (Å²) in [6.45, 7) is 6.06. The summed E-state index contributed by atoms with van der Waals surface area (Å²) < 4.78 is 5.66. The van der Waals surface area contributed by atoms with Crippen molar-refractivity contribution in [2.45, 2.75) is 26.7 Å². The number of hydrogen-bond donors (Lipinski definition) is 3. The molecule has 0 aliphatic carbocycles. The lowest BCUT2D eigenvalue weighted by molar-refractivity contribution is 0.302. The van der Waals surface area contributed by atoms with Crippen molar-refractivity contribution in [1.29, 1.82) is 0 Å². The molecule has 0 aliphatic heterocycles. The van der Waals surface area contributed by atoms with Gasteiger partial charge in [0.1, 0.15) is 17.8 Å². The van der Waals surface area contributed by atoms with Crippen LogP contribution in [0.25, 0.3) is 0 Å². The van der Waals surface area contributed by atoms with Gasteiger partial charge in [0.05, 0.1) is 13.2 Å². The quantitative estimate of drug-likeness (QED) is 0.570. The number of nitrogens with zero attached hydrogens (tertiary/aromatic N) is 3. The third-order valence-corrected chi connectivity index (χ3v) is 3.80. The number of aliphatic hydroxyl groups excluding tert-OH is 1. The topological polar surface area (TPSA) is 96.5 Å². The van der Waals surface area contributed by atoms with Crippen LogP contribution in [0.1, 0.15) is 26.7 Å². The summed E-state index contributed by atoms with van der Waals surface area (Å²) in [5.41, 5.74) is 7.54. The molecule has 0 saturated carbocycles. The number of likely N-dealkylation sites (N-methyl/N-ethyl adjacent to an activating group) is 1. The molecular formula is C18H27N5O2. The molecule has 7 heteroatoms. The molecule has 0 bridgehead atoms. The average molecular weight is 345 g/mol. The van der Waals surface area contributed by atoms with E-state index in [4.69, 9.17) is 10.5 Å². The fourth-order valence-electron chi connectivity index (χ4n) is 2.38. The molecule has 0 atom stereocenters. The number of unbranched alkanes of at least 4 members (excludes halogenated alkanes) is 1. The van der Waals surface area contributed by atoms with Crippen LogP contribution in [0.3, 0.4) is 0 Å². The minimum absolute atomic E-state index is 0.0412. The molecule has 0 spiro atoms. The first-order valence-corrected chi connectivity index (χ1v) is 8.65. The Kier molecular flexibility index (Phi) is 7.28. The van der Waals surface area contributed by atoms with Gasteiger partial charge in [0, 0.05) is 18.8 Å². The summed E-state index contributed by atoms with van der Waals surface area (Å²) in [5.74, 6) is 2.00. The molecule has 0 unspecified atom stereocenters. The van der Waals surface area contributed by atoms with Gasteiger partial charge in [0.15, 0.2) is 11.6 Å². The highest BCUT2D eigenvalue weighted by Crippen LogP contribution is 2.28. The molecule has 0 radical (unpaired) electrons. The van der Waals surface area contributed by atoms with Gasteiger partial charge in [-0.15, -0.1) is 0 Å². The Bertz CT molecular complexity index is 648. The van der Waals surface area contributed by atoms with Crippen molar-refractivity contribution < 1.29 is 9.84 Å². The normalized spacial score (nSPS) is 10.5. The predicted octanol–water partition coefficient (Wildman–Crippen LogP) is 2.80. The number of hydrogen-bond acceptors (Lipinski definition) is 7. The van der Waals surface area contributed by atoms with E-state index in [2.05, 4.69) is 22.2 Å². The number of ether oxygens (including phenoxy) is 1. The number of aromatic nitrogens is 2. The average Bonchev–Trinajstić information content (AvgIpc) is 2.63. The molecule has 136 valence electrons. The Hall–Kier alpha value is -2.54. The van der Waals surface area contributed by atoms with E-state index < -0.39 is 0 Å². The minimum Gasteiger partial charge on any atom is -0.494 e. The van der Waals surface area contributed by atoms with Gasteiger partial charge < -0.3 is 25.8 Å². The monoisotopic (exact) mass is 345 g/mol. The molecule has 0 saturated heterocycles. The highest BCUT2D eigenvalue weighted by atomic mass is 16.5. The van der Waals surface area contributed by atoms with Crippen LogP contribution in [-0.4, -0.2) is 41.4 Å². The fraction of sp³-hybridized carbons (Fsp3) is 0.444. The number of rotatable bonds is 10. The van der Waals surface area contributed by atoms with Crippen LogP contribution >= 0.6 is 0 Å². The summed E-state index contributed by atoms with van der Waals surface area (Å²) in [6.07, 6.45) is 3.62. The van der Waals surface area contributed by atoms with E-state index in [0.717, 1.165) is 30.9 Å². The van der Waals surface area contributed by atoms with E-state index in [9.17, 15) is 5.11 Å². The van der Waals surface area contributed by atoms with Crippen LogP contribution in [0.15, 0.2) is 30.6 Å². The van der Waals surface area contributed by atoms with Gasteiger partial charge in [-0.05, 0) is 37.6 Å². The predicted molar refractivity (Wildman–Crippen MR) is 102 cm³/mol. The van der Waals surface area contributed by atoms with Crippen molar-refractivity contribution >= 4 is 23.0 Å². The van der Waals surface area contributed by atoms with Crippen LogP contribution in [0.4, 0.5) is 23.0 Å². The molecule has 4 N–H and O–H groups in total. The molecule has 25 heavy (non-hydrogen) atoms.